The largest absolute Gasteiger partial charge is 0.372 e. The molecule has 1 aliphatic heterocycles. The molecule has 1 amide bonds. The van der Waals surface area contributed by atoms with Crippen LogP contribution in [-0.4, -0.2) is 28.5 Å². The van der Waals surface area contributed by atoms with Crippen LogP contribution in [0.25, 0.3) is 10.2 Å². The maximum atomic E-state index is 12.9. The number of carbonyl (C=O) groups excluding carboxylic acids is 1. The molecule has 0 radical (unpaired) electrons. The van der Waals surface area contributed by atoms with E-state index in [0.717, 1.165) is 48.4 Å². The number of amides is 1. The van der Waals surface area contributed by atoms with E-state index < -0.39 is 0 Å². The Morgan fingerprint density at radius 1 is 1.11 bits per heavy atom. The fourth-order valence-electron chi connectivity index (χ4n) is 4.22. The minimum absolute atomic E-state index is 0.0275. The molecule has 0 unspecified atom stereocenters. The molecule has 0 saturated carbocycles. The summed E-state index contributed by atoms with van der Waals surface area (Å²) in [5.74, 6) is -0.218. The molecule has 1 fully saturated rings. The van der Waals surface area contributed by atoms with Gasteiger partial charge in [-0.15, -0.1) is 11.3 Å². The van der Waals surface area contributed by atoms with E-state index in [2.05, 4.69) is 15.2 Å². The Morgan fingerprint density at radius 3 is 2.68 bits per heavy atom. The second-order valence-corrected chi connectivity index (χ2v) is 8.59. The average Bonchev–Trinajstić information content (AvgIpc) is 3.41. The van der Waals surface area contributed by atoms with E-state index in [1.807, 2.05) is 24.3 Å². The van der Waals surface area contributed by atoms with Crippen molar-refractivity contribution >= 4 is 38.8 Å². The maximum Gasteiger partial charge on any atom is 0.262 e. The first-order valence-electron chi connectivity index (χ1n) is 9.83. The molecule has 0 spiro atoms. The third kappa shape index (κ3) is 3.09. The zero-order valence-electron chi connectivity index (χ0n) is 15.6. The molecule has 6 nitrogen and oxygen atoms in total. The van der Waals surface area contributed by atoms with Crippen molar-refractivity contribution in [3.8, 4) is 0 Å². The summed E-state index contributed by atoms with van der Waals surface area (Å²) in [7, 11) is 0. The molecule has 3 heterocycles. The maximum absolute atomic E-state index is 12.9. The van der Waals surface area contributed by atoms with Gasteiger partial charge in [-0.2, -0.15) is 0 Å². The van der Waals surface area contributed by atoms with Gasteiger partial charge in [0, 0.05) is 29.3 Å². The van der Waals surface area contributed by atoms with Gasteiger partial charge >= 0.3 is 0 Å². The molecular weight excluding hydrogens is 372 g/mol. The van der Waals surface area contributed by atoms with E-state index in [9.17, 15) is 9.59 Å². The lowest BCUT2D eigenvalue weighted by molar-refractivity contribution is -0.116. The number of aromatic nitrogens is 2. The first-order chi connectivity index (χ1) is 13.7. The Balaban J connectivity index is 1.31. The highest BCUT2D eigenvalue weighted by Gasteiger charge is 2.21. The summed E-state index contributed by atoms with van der Waals surface area (Å²) >= 11 is 1.61. The Labute approximate surface area is 166 Å². The third-order valence-electron chi connectivity index (χ3n) is 5.63. The number of hydrogen-bond donors (Lipinski definition) is 1. The van der Waals surface area contributed by atoms with Crippen LogP contribution in [0.1, 0.15) is 29.7 Å². The topological polar surface area (TPSA) is 67.2 Å². The smallest absolute Gasteiger partial charge is 0.262 e. The summed E-state index contributed by atoms with van der Waals surface area (Å²) in [4.78, 5) is 34.2. The molecule has 3 aromatic rings. The minimum Gasteiger partial charge on any atom is -0.372 e. The molecular formula is C21H22N4O2S. The molecule has 1 aliphatic carbocycles. The van der Waals surface area contributed by atoms with Crippen LogP contribution in [0.5, 0.6) is 0 Å². The first-order valence-corrected chi connectivity index (χ1v) is 10.7. The summed E-state index contributed by atoms with van der Waals surface area (Å²) in [6, 6.07) is 7.91. The van der Waals surface area contributed by atoms with E-state index in [1.54, 1.807) is 11.3 Å². The van der Waals surface area contributed by atoms with Gasteiger partial charge in [-0.3, -0.25) is 14.2 Å². The number of nitrogens with zero attached hydrogens (tertiary/aromatic N) is 3. The lowest BCUT2D eigenvalue weighted by Crippen LogP contribution is -2.28. The minimum atomic E-state index is -0.218. The average molecular weight is 395 g/mol. The van der Waals surface area contributed by atoms with Crippen molar-refractivity contribution in [2.75, 3.05) is 23.3 Å². The molecule has 144 valence electrons. The quantitative estimate of drug-likeness (QED) is 0.738. The molecule has 5 rings (SSSR count). The van der Waals surface area contributed by atoms with Gasteiger partial charge in [-0.05, 0) is 61.9 Å². The number of nitrogens with one attached hydrogen (secondary N) is 1. The highest BCUT2D eigenvalue weighted by Crippen LogP contribution is 2.34. The number of anilines is 2. The number of carbonyl (C=O) groups is 1. The summed E-state index contributed by atoms with van der Waals surface area (Å²) in [5, 5.41) is 3.60. The van der Waals surface area contributed by atoms with Crippen LogP contribution in [-0.2, 0) is 24.2 Å². The van der Waals surface area contributed by atoms with Crippen molar-refractivity contribution in [2.24, 2.45) is 0 Å². The van der Waals surface area contributed by atoms with Crippen molar-refractivity contribution in [2.45, 2.75) is 38.6 Å². The SMILES string of the molecule is O=C(Cn1cnc2sc3c(c2c1=O)CCC3)Nc1ccc(N2CCCC2)cc1. The van der Waals surface area contributed by atoms with Crippen molar-refractivity contribution < 1.29 is 4.79 Å². The molecule has 0 bridgehead atoms. The van der Waals surface area contributed by atoms with Crippen LogP contribution in [0.3, 0.4) is 0 Å². The number of hydrogen-bond acceptors (Lipinski definition) is 5. The highest BCUT2D eigenvalue weighted by atomic mass is 32.1. The van der Waals surface area contributed by atoms with Gasteiger partial charge in [0.1, 0.15) is 11.4 Å². The van der Waals surface area contributed by atoms with E-state index in [0.29, 0.717) is 5.39 Å². The predicted octanol–water partition coefficient (Wildman–Crippen LogP) is 3.19. The highest BCUT2D eigenvalue weighted by molar-refractivity contribution is 7.18. The Bertz CT molecular complexity index is 1090. The zero-order valence-corrected chi connectivity index (χ0v) is 16.4. The summed E-state index contributed by atoms with van der Waals surface area (Å²) in [5.41, 5.74) is 2.97. The molecule has 2 aliphatic rings. The van der Waals surface area contributed by atoms with Gasteiger partial charge in [0.25, 0.3) is 5.56 Å². The van der Waals surface area contributed by atoms with Crippen LogP contribution in [0.15, 0.2) is 35.4 Å². The lowest BCUT2D eigenvalue weighted by Gasteiger charge is -2.17. The second-order valence-electron chi connectivity index (χ2n) is 7.50. The van der Waals surface area contributed by atoms with Crippen molar-refractivity contribution in [3.05, 3.63) is 51.4 Å². The van der Waals surface area contributed by atoms with Crippen LogP contribution in [0.4, 0.5) is 11.4 Å². The van der Waals surface area contributed by atoms with Gasteiger partial charge in [0.05, 0.1) is 11.7 Å². The van der Waals surface area contributed by atoms with Gasteiger partial charge in [0.2, 0.25) is 5.91 Å². The molecule has 0 atom stereocenters. The summed E-state index contributed by atoms with van der Waals surface area (Å²) < 4.78 is 1.42. The normalized spacial score (nSPS) is 15.9. The Hall–Kier alpha value is -2.67. The van der Waals surface area contributed by atoms with Gasteiger partial charge < -0.3 is 10.2 Å². The van der Waals surface area contributed by atoms with Crippen molar-refractivity contribution in [1.82, 2.24) is 9.55 Å². The number of rotatable bonds is 4. The van der Waals surface area contributed by atoms with Crippen LogP contribution < -0.4 is 15.8 Å². The molecule has 1 N–H and O–H groups in total. The molecule has 1 aromatic carbocycles. The first kappa shape index (κ1) is 17.4. The van der Waals surface area contributed by atoms with Crippen LogP contribution in [0, 0.1) is 0 Å². The molecule has 7 heteroatoms. The zero-order chi connectivity index (χ0) is 19.1. The standard InChI is InChI=1S/C21H22N4O2S/c26-18(23-14-6-8-15(9-7-14)24-10-1-2-11-24)12-25-13-22-20-19(21(25)27)16-4-3-5-17(16)28-20/h6-9,13H,1-5,10-12H2,(H,23,26). The molecule has 1 saturated heterocycles. The van der Waals surface area contributed by atoms with Gasteiger partial charge in [0.15, 0.2) is 0 Å². The van der Waals surface area contributed by atoms with E-state index in [-0.39, 0.29) is 18.0 Å². The van der Waals surface area contributed by atoms with Crippen LogP contribution >= 0.6 is 11.3 Å². The second kappa shape index (κ2) is 7.05. The number of fused-ring (bicyclic) bond motifs is 3. The van der Waals surface area contributed by atoms with Crippen LogP contribution in [0.2, 0.25) is 0 Å². The lowest BCUT2D eigenvalue weighted by atomic mass is 10.2. The number of benzene rings is 1. The van der Waals surface area contributed by atoms with Crippen molar-refractivity contribution in [1.29, 1.82) is 0 Å². The Morgan fingerprint density at radius 2 is 1.89 bits per heavy atom. The summed E-state index contributed by atoms with van der Waals surface area (Å²) in [6.45, 7) is 2.16. The fourth-order valence-corrected chi connectivity index (χ4v) is 5.44. The van der Waals surface area contributed by atoms with E-state index in [4.69, 9.17) is 0 Å². The Kier molecular flexibility index (Phi) is 4.39. The summed E-state index contributed by atoms with van der Waals surface area (Å²) in [6.07, 6.45) is 7.03. The molecule has 28 heavy (non-hydrogen) atoms. The van der Waals surface area contributed by atoms with Crippen molar-refractivity contribution in [3.63, 3.8) is 0 Å². The monoisotopic (exact) mass is 394 g/mol. The van der Waals surface area contributed by atoms with Gasteiger partial charge in [-0.25, -0.2) is 4.98 Å². The number of aryl methyl sites for hydroxylation is 2. The number of thiophene rings is 1. The van der Waals surface area contributed by atoms with E-state index in [1.165, 1.54) is 34.3 Å². The van der Waals surface area contributed by atoms with E-state index >= 15 is 0 Å². The molecule has 2 aromatic heterocycles. The van der Waals surface area contributed by atoms with Gasteiger partial charge in [-0.1, -0.05) is 0 Å². The predicted molar refractivity (Wildman–Crippen MR) is 112 cm³/mol. The third-order valence-corrected chi connectivity index (χ3v) is 6.83. The fraction of sp³-hybridized carbons (Fsp3) is 0.381.